The number of hydrogen-bond donors (Lipinski definition) is 2. The Kier molecular flexibility index (Phi) is 3.26. The number of amides is 2. The van der Waals surface area contributed by atoms with Crippen molar-refractivity contribution in [3.63, 3.8) is 0 Å². The quantitative estimate of drug-likeness (QED) is 0.770. The van der Waals surface area contributed by atoms with Crippen LogP contribution in [0.1, 0.15) is 28.8 Å². The fourth-order valence-corrected chi connectivity index (χ4v) is 2.95. The highest BCUT2D eigenvalue weighted by molar-refractivity contribution is 6.01. The maximum Gasteiger partial charge on any atom is 0.408 e. The van der Waals surface area contributed by atoms with E-state index < -0.39 is 24.2 Å². The number of carbonyl (C=O) groups excluding carboxylic acids is 2. The van der Waals surface area contributed by atoms with Gasteiger partial charge in [0.2, 0.25) is 5.91 Å². The minimum atomic E-state index is -4.47. The lowest BCUT2D eigenvalue weighted by Gasteiger charge is -2.34. The van der Waals surface area contributed by atoms with Crippen molar-refractivity contribution in [2.24, 2.45) is 0 Å². The highest BCUT2D eigenvalue weighted by Crippen LogP contribution is 2.32. The number of hydrogen-bond acceptors (Lipinski definition) is 3. The summed E-state index contributed by atoms with van der Waals surface area (Å²) in [6.07, 6.45) is -4.71. The first kappa shape index (κ1) is 14.7. The third-order valence-electron chi connectivity index (χ3n) is 4.08. The molecule has 3 N–H and O–H groups in total. The lowest BCUT2D eigenvalue weighted by Crippen LogP contribution is -2.58. The first-order chi connectivity index (χ1) is 10.3. The molecule has 0 bridgehead atoms. The summed E-state index contributed by atoms with van der Waals surface area (Å²) >= 11 is 0. The fraction of sp³-hybridized carbons (Fsp3) is 0.429. The van der Waals surface area contributed by atoms with Crippen LogP contribution in [0.4, 0.5) is 18.9 Å². The van der Waals surface area contributed by atoms with Gasteiger partial charge in [-0.1, -0.05) is 0 Å². The second kappa shape index (κ2) is 4.89. The standard InChI is InChI=1S/C14H14F3N3O2/c15-14(16,17)11-4-3-10(12(21)19-11)20-6-7-5-8(18)1-2-9(7)13(20)22/h1-2,5,10-11H,3-4,6,18H2,(H,19,21). The molecule has 0 radical (unpaired) electrons. The summed E-state index contributed by atoms with van der Waals surface area (Å²) in [6, 6.07) is 2.09. The van der Waals surface area contributed by atoms with Gasteiger partial charge >= 0.3 is 6.18 Å². The van der Waals surface area contributed by atoms with Crippen LogP contribution < -0.4 is 11.1 Å². The van der Waals surface area contributed by atoms with Crippen molar-refractivity contribution >= 4 is 17.5 Å². The highest BCUT2D eigenvalue weighted by Gasteiger charge is 2.47. The Labute approximate surface area is 124 Å². The van der Waals surface area contributed by atoms with Gasteiger partial charge in [-0.05, 0) is 36.6 Å². The summed E-state index contributed by atoms with van der Waals surface area (Å²) < 4.78 is 37.9. The molecular formula is C14H14F3N3O2. The summed E-state index contributed by atoms with van der Waals surface area (Å²) in [5, 5.41) is 1.96. The van der Waals surface area contributed by atoms with E-state index >= 15 is 0 Å². The van der Waals surface area contributed by atoms with Crippen LogP contribution in [-0.4, -0.2) is 35.0 Å². The fourth-order valence-electron chi connectivity index (χ4n) is 2.95. The average molecular weight is 313 g/mol. The van der Waals surface area contributed by atoms with Crippen LogP contribution in [0.2, 0.25) is 0 Å². The molecule has 1 aromatic rings. The number of piperidine rings is 1. The molecule has 5 nitrogen and oxygen atoms in total. The van der Waals surface area contributed by atoms with E-state index in [1.165, 1.54) is 4.90 Å². The van der Waals surface area contributed by atoms with Gasteiger partial charge in [0.15, 0.2) is 0 Å². The van der Waals surface area contributed by atoms with E-state index in [9.17, 15) is 22.8 Å². The minimum Gasteiger partial charge on any atom is -0.399 e. The van der Waals surface area contributed by atoms with Crippen LogP contribution in [0.3, 0.4) is 0 Å². The van der Waals surface area contributed by atoms with E-state index in [4.69, 9.17) is 5.73 Å². The molecule has 2 unspecified atom stereocenters. The van der Waals surface area contributed by atoms with Gasteiger partial charge in [0.1, 0.15) is 12.1 Å². The second-order valence-corrected chi connectivity index (χ2v) is 5.55. The van der Waals surface area contributed by atoms with Crippen LogP contribution in [0.5, 0.6) is 0 Å². The van der Waals surface area contributed by atoms with Gasteiger partial charge in [-0.3, -0.25) is 9.59 Å². The van der Waals surface area contributed by atoms with Crippen molar-refractivity contribution in [3.8, 4) is 0 Å². The van der Waals surface area contributed by atoms with E-state index in [-0.39, 0.29) is 25.3 Å². The number of alkyl halides is 3. The number of benzene rings is 1. The molecule has 8 heteroatoms. The molecule has 118 valence electrons. The molecule has 2 atom stereocenters. The van der Waals surface area contributed by atoms with Gasteiger partial charge in [0.05, 0.1) is 0 Å². The molecule has 0 saturated carbocycles. The third-order valence-corrected chi connectivity index (χ3v) is 4.08. The molecule has 3 rings (SSSR count). The number of halogens is 3. The number of nitrogen functional groups attached to an aromatic ring is 1. The number of nitrogens with zero attached hydrogens (tertiary/aromatic N) is 1. The van der Waals surface area contributed by atoms with Crippen molar-refractivity contribution < 1.29 is 22.8 Å². The van der Waals surface area contributed by atoms with Crippen molar-refractivity contribution in [2.45, 2.75) is 37.6 Å². The van der Waals surface area contributed by atoms with Crippen molar-refractivity contribution in [1.82, 2.24) is 10.2 Å². The molecule has 0 aliphatic carbocycles. The van der Waals surface area contributed by atoms with Gasteiger partial charge in [-0.2, -0.15) is 13.2 Å². The van der Waals surface area contributed by atoms with E-state index in [1.807, 2.05) is 5.32 Å². The smallest absolute Gasteiger partial charge is 0.399 e. The van der Waals surface area contributed by atoms with Crippen LogP contribution in [0.25, 0.3) is 0 Å². The minimum absolute atomic E-state index is 0.00871. The molecule has 2 heterocycles. The number of nitrogens with one attached hydrogen (secondary N) is 1. The van der Waals surface area contributed by atoms with Gasteiger partial charge in [-0.15, -0.1) is 0 Å². The van der Waals surface area contributed by atoms with Crippen LogP contribution >= 0.6 is 0 Å². The van der Waals surface area contributed by atoms with E-state index in [1.54, 1.807) is 18.2 Å². The number of carbonyl (C=O) groups is 2. The zero-order chi connectivity index (χ0) is 16.1. The number of anilines is 1. The molecule has 1 aromatic carbocycles. The van der Waals surface area contributed by atoms with Crippen LogP contribution in [-0.2, 0) is 11.3 Å². The Morgan fingerprint density at radius 1 is 1.23 bits per heavy atom. The molecule has 22 heavy (non-hydrogen) atoms. The number of rotatable bonds is 1. The molecule has 1 fully saturated rings. The predicted molar refractivity (Wildman–Crippen MR) is 71.7 cm³/mol. The molecule has 0 aromatic heterocycles. The number of fused-ring (bicyclic) bond motifs is 1. The molecular weight excluding hydrogens is 299 g/mol. The van der Waals surface area contributed by atoms with Gasteiger partial charge in [-0.25, -0.2) is 0 Å². The van der Waals surface area contributed by atoms with E-state index in [0.717, 1.165) is 0 Å². The van der Waals surface area contributed by atoms with Crippen molar-refractivity contribution in [3.05, 3.63) is 29.3 Å². The second-order valence-electron chi connectivity index (χ2n) is 5.55. The number of nitrogens with two attached hydrogens (primary N) is 1. The lowest BCUT2D eigenvalue weighted by atomic mass is 9.98. The zero-order valence-corrected chi connectivity index (χ0v) is 11.5. The predicted octanol–water partition coefficient (Wildman–Crippen LogP) is 1.43. The summed E-state index contributed by atoms with van der Waals surface area (Å²) in [5.74, 6) is -1.11. The normalized spacial score (nSPS) is 25.1. The average Bonchev–Trinajstić information content (AvgIpc) is 2.74. The van der Waals surface area contributed by atoms with Crippen molar-refractivity contribution in [2.75, 3.05) is 5.73 Å². The summed E-state index contributed by atoms with van der Waals surface area (Å²) in [6.45, 7) is 0.188. The molecule has 1 saturated heterocycles. The largest absolute Gasteiger partial charge is 0.408 e. The van der Waals surface area contributed by atoms with E-state index in [0.29, 0.717) is 16.8 Å². The Bertz CT molecular complexity index is 645. The van der Waals surface area contributed by atoms with E-state index in [2.05, 4.69) is 0 Å². The first-order valence-electron chi connectivity index (χ1n) is 6.84. The summed E-state index contributed by atoms with van der Waals surface area (Å²) in [7, 11) is 0. The molecule has 2 aliphatic rings. The van der Waals surface area contributed by atoms with Crippen LogP contribution in [0.15, 0.2) is 18.2 Å². The Morgan fingerprint density at radius 2 is 1.95 bits per heavy atom. The van der Waals surface area contributed by atoms with Gasteiger partial charge in [0, 0.05) is 17.8 Å². The van der Waals surface area contributed by atoms with Crippen LogP contribution in [0, 0.1) is 0 Å². The molecule has 0 spiro atoms. The third kappa shape index (κ3) is 2.38. The Balaban J connectivity index is 1.77. The Hall–Kier alpha value is -2.25. The molecule has 2 amide bonds. The van der Waals surface area contributed by atoms with Gasteiger partial charge < -0.3 is 16.0 Å². The topological polar surface area (TPSA) is 75.4 Å². The summed E-state index contributed by atoms with van der Waals surface area (Å²) in [5.41, 5.74) is 7.29. The van der Waals surface area contributed by atoms with Gasteiger partial charge in [0.25, 0.3) is 5.91 Å². The summed E-state index contributed by atoms with van der Waals surface area (Å²) in [4.78, 5) is 25.6. The SMILES string of the molecule is Nc1ccc2c(c1)CN(C1CCC(C(F)(F)F)NC1=O)C2=O. The Morgan fingerprint density at radius 3 is 2.59 bits per heavy atom. The molecule has 2 aliphatic heterocycles. The first-order valence-corrected chi connectivity index (χ1v) is 6.84. The van der Waals surface area contributed by atoms with Crippen molar-refractivity contribution in [1.29, 1.82) is 0 Å². The highest BCUT2D eigenvalue weighted by atomic mass is 19.4. The lowest BCUT2D eigenvalue weighted by molar-refractivity contribution is -0.170. The maximum atomic E-state index is 12.6. The maximum absolute atomic E-state index is 12.6. The zero-order valence-electron chi connectivity index (χ0n) is 11.5. The monoisotopic (exact) mass is 313 g/mol.